The Labute approximate surface area is 153 Å². The largest absolute Gasteiger partial charge is 0.463 e. The average molecular weight is 347 g/mol. The van der Waals surface area contributed by atoms with Crippen LogP contribution in [0, 0.1) is 17.8 Å². The Balaban J connectivity index is 1.43. The van der Waals surface area contributed by atoms with Crippen LogP contribution in [-0.2, 0) is 0 Å². The highest BCUT2D eigenvalue weighted by molar-refractivity contribution is 5.29. The molecule has 140 valence electrons. The molecule has 0 bridgehead atoms. The van der Waals surface area contributed by atoms with Crippen LogP contribution in [0.1, 0.15) is 89.0 Å². The molecule has 0 radical (unpaired) electrons. The summed E-state index contributed by atoms with van der Waals surface area (Å²) in [5.41, 5.74) is 1.41. The summed E-state index contributed by atoms with van der Waals surface area (Å²) in [7, 11) is 0. The minimum absolute atomic E-state index is 0.639. The Morgan fingerprint density at radius 3 is 2.04 bits per heavy atom. The fourth-order valence-corrected chi connectivity index (χ4v) is 5.26. The highest BCUT2D eigenvalue weighted by atomic mass is 19.1. The number of halogens is 1. The molecule has 2 saturated carbocycles. The van der Waals surface area contributed by atoms with Crippen LogP contribution in [0.4, 0.5) is 4.39 Å². The summed E-state index contributed by atoms with van der Waals surface area (Å²) in [6.45, 7) is 1.57. The van der Waals surface area contributed by atoms with E-state index >= 15 is 0 Å². The maximum Gasteiger partial charge on any atom is 0.228 e. The number of rotatable bonds is 7. The number of alkyl halides is 1. The molecule has 0 spiro atoms. The van der Waals surface area contributed by atoms with Gasteiger partial charge in [-0.25, -0.2) is 4.39 Å². The van der Waals surface area contributed by atoms with Crippen molar-refractivity contribution in [3.05, 3.63) is 29.8 Å². The molecule has 25 heavy (non-hydrogen) atoms. The molecule has 0 unspecified atom stereocenters. The summed E-state index contributed by atoms with van der Waals surface area (Å²) in [4.78, 5) is 0. The number of benzene rings is 1. The van der Waals surface area contributed by atoms with Crippen molar-refractivity contribution < 1.29 is 9.13 Å². The predicted molar refractivity (Wildman–Crippen MR) is 103 cm³/mol. The highest BCUT2D eigenvalue weighted by Crippen LogP contribution is 2.44. The van der Waals surface area contributed by atoms with E-state index in [2.05, 4.69) is 19.1 Å². The summed E-state index contributed by atoms with van der Waals surface area (Å²) in [5, 5.41) is 0. The number of hydrogen-bond acceptors (Lipinski definition) is 1. The Morgan fingerprint density at radius 1 is 0.880 bits per heavy atom. The Kier molecular flexibility index (Phi) is 7.19. The van der Waals surface area contributed by atoms with Crippen molar-refractivity contribution in [2.45, 2.75) is 83.5 Å². The van der Waals surface area contributed by atoms with E-state index in [1.807, 2.05) is 12.1 Å². The molecule has 0 atom stereocenters. The number of unbranched alkanes of at least 4 members (excludes halogenated alkanes) is 1. The van der Waals surface area contributed by atoms with Crippen LogP contribution < -0.4 is 4.74 Å². The molecule has 2 aliphatic carbocycles. The third-order valence-corrected chi connectivity index (χ3v) is 6.87. The number of ether oxygens (including phenoxy) is 1. The van der Waals surface area contributed by atoms with Gasteiger partial charge in [0, 0.05) is 0 Å². The van der Waals surface area contributed by atoms with Crippen molar-refractivity contribution >= 4 is 0 Å². The van der Waals surface area contributed by atoms with Crippen molar-refractivity contribution in [1.82, 2.24) is 0 Å². The molecule has 0 aliphatic heterocycles. The van der Waals surface area contributed by atoms with E-state index in [9.17, 15) is 4.39 Å². The summed E-state index contributed by atoms with van der Waals surface area (Å²) in [6.07, 6.45) is 15.6. The van der Waals surface area contributed by atoms with Crippen molar-refractivity contribution in [3.63, 3.8) is 0 Å². The zero-order valence-electron chi connectivity index (χ0n) is 15.9. The molecule has 3 rings (SSSR count). The van der Waals surface area contributed by atoms with Gasteiger partial charge in [-0.15, -0.1) is 0 Å². The number of hydrogen-bond donors (Lipinski definition) is 0. The molecular weight excluding hydrogens is 311 g/mol. The molecular formula is C23H35FO. The van der Waals surface area contributed by atoms with Gasteiger partial charge in [0.2, 0.25) is 6.86 Å². The maximum absolute atomic E-state index is 12.2. The Bertz CT molecular complexity index is 481. The first-order valence-electron chi connectivity index (χ1n) is 10.6. The second-order valence-electron chi connectivity index (χ2n) is 8.36. The Hall–Kier alpha value is -1.05. The second kappa shape index (κ2) is 9.59. The van der Waals surface area contributed by atoms with Crippen LogP contribution >= 0.6 is 0 Å². The van der Waals surface area contributed by atoms with Gasteiger partial charge in [-0.3, -0.25) is 0 Å². The third-order valence-electron chi connectivity index (χ3n) is 6.87. The quantitative estimate of drug-likeness (QED) is 0.504. The smallest absolute Gasteiger partial charge is 0.228 e. The van der Waals surface area contributed by atoms with E-state index in [4.69, 9.17) is 4.74 Å². The summed E-state index contributed by atoms with van der Waals surface area (Å²) in [5.74, 6) is 4.32. The zero-order chi connectivity index (χ0) is 17.5. The third kappa shape index (κ3) is 5.21. The van der Waals surface area contributed by atoms with E-state index in [1.165, 1.54) is 76.2 Å². The fourth-order valence-electron chi connectivity index (χ4n) is 5.26. The van der Waals surface area contributed by atoms with Crippen molar-refractivity contribution in [2.75, 3.05) is 6.86 Å². The summed E-state index contributed by atoms with van der Waals surface area (Å²) in [6, 6.07) is 8.10. The molecule has 0 aromatic heterocycles. The van der Waals surface area contributed by atoms with E-state index in [0.717, 1.165) is 17.8 Å². The average Bonchev–Trinajstić information content (AvgIpc) is 2.68. The van der Waals surface area contributed by atoms with Crippen LogP contribution in [0.15, 0.2) is 24.3 Å². The molecule has 0 N–H and O–H groups in total. The lowest BCUT2D eigenvalue weighted by Gasteiger charge is -2.38. The normalized spacial score (nSPS) is 30.2. The van der Waals surface area contributed by atoms with Gasteiger partial charge in [0.05, 0.1) is 0 Å². The lowest BCUT2D eigenvalue weighted by Crippen LogP contribution is -2.25. The predicted octanol–water partition coefficient (Wildman–Crippen LogP) is 7.26. The minimum Gasteiger partial charge on any atom is -0.463 e. The summed E-state index contributed by atoms with van der Waals surface area (Å²) >= 11 is 0. The molecule has 0 amide bonds. The van der Waals surface area contributed by atoms with Crippen molar-refractivity contribution in [1.29, 1.82) is 0 Å². The Morgan fingerprint density at radius 2 is 1.48 bits per heavy atom. The minimum atomic E-state index is -0.745. The zero-order valence-corrected chi connectivity index (χ0v) is 15.9. The SMILES string of the molecule is CCCCC1CCC(C2CCC(c3ccc(OCF)cc3)CC2)CC1. The van der Waals surface area contributed by atoms with Gasteiger partial charge < -0.3 is 4.74 Å². The van der Waals surface area contributed by atoms with Gasteiger partial charge in [-0.2, -0.15) is 0 Å². The highest BCUT2D eigenvalue weighted by Gasteiger charge is 2.31. The van der Waals surface area contributed by atoms with Crippen molar-refractivity contribution in [2.24, 2.45) is 17.8 Å². The first kappa shape index (κ1) is 18.7. The second-order valence-corrected chi connectivity index (χ2v) is 8.36. The molecule has 0 saturated heterocycles. The molecule has 2 aliphatic rings. The molecule has 2 heteroatoms. The lowest BCUT2D eigenvalue weighted by atomic mass is 9.68. The van der Waals surface area contributed by atoms with E-state index in [0.29, 0.717) is 11.7 Å². The molecule has 1 nitrogen and oxygen atoms in total. The fraction of sp³-hybridized carbons (Fsp3) is 0.739. The maximum atomic E-state index is 12.2. The van der Waals surface area contributed by atoms with Gasteiger partial charge >= 0.3 is 0 Å². The molecule has 1 aromatic rings. The lowest BCUT2D eigenvalue weighted by molar-refractivity contribution is 0.156. The van der Waals surface area contributed by atoms with Crippen LogP contribution in [0.3, 0.4) is 0 Å². The van der Waals surface area contributed by atoms with Gasteiger partial charge in [0.25, 0.3) is 0 Å². The van der Waals surface area contributed by atoms with E-state index < -0.39 is 6.86 Å². The molecule has 1 aromatic carbocycles. The van der Waals surface area contributed by atoms with Crippen LogP contribution in [0.25, 0.3) is 0 Å². The first-order chi connectivity index (χ1) is 12.3. The van der Waals surface area contributed by atoms with Crippen LogP contribution in [0.5, 0.6) is 5.75 Å². The topological polar surface area (TPSA) is 9.23 Å². The molecule has 0 heterocycles. The van der Waals surface area contributed by atoms with Gasteiger partial charge in [0.15, 0.2) is 0 Å². The van der Waals surface area contributed by atoms with Gasteiger partial charge in [-0.05, 0) is 79.9 Å². The first-order valence-corrected chi connectivity index (χ1v) is 10.6. The molecule has 2 fully saturated rings. The monoisotopic (exact) mass is 346 g/mol. The van der Waals surface area contributed by atoms with E-state index in [1.54, 1.807) is 0 Å². The van der Waals surface area contributed by atoms with E-state index in [-0.39, 0.29) is 0 Å². The summed E-state index contributed by atoms with van der Waals surface area (Å²) < 4.78 is 17.1. The van der Waals surface area contributed by atoms with Crippen LogP contribution in [0.2, 0.25) is 0 Å². The van der Waals surface area contributed by atoms with Crippen molar-refractivity contribution in [3.8, 4) is 5.75 Å². The van der Waals surface area contributed by atoms with Gasteiger partial charge in [0.1, 0.15) is 5.75 Å². The van der Waals surface area contributed by atoms with Gasteiger partial charge in [-0.1, -0.05) is 51.2 Å². The van der Waals surface area contributed by atoms with Crippen LogP contribution in [-0.4, -0.2) is 6.86 Å². The standard InChI is InChI=1S/C23H35FO/c1-2-3-4-18-5-7-19(8-6-18)20-9-11-21(12-10-20)22-13-15-23(16-14-22)25-17-24/h13-16,18-21H,2-12,17H2,1H3.